The minimum atomic E-state index is 0.204. The number of amides is 1. The maximum Gasteiger partial charge on any atom is 0.223 e. The molecule has 3 rings (SSSR count). The van der Waals surface area contributed by atoms with Crippen molar-refractivity contribution < 1.29 is 4.79 Å². The van der Waals surface area contributed by atoms with Gasteiger partial charge in [0.2, 0.25) is 5.91 Å². The Morgan fingerprint density at radius 1 is 1.08 bits per heavy atom. The number of benzene rings is 2. The second-order valence-electron chi connectivity index (χ2n) is 6.53. The van der Waals surface area contributed by atoms with Crippen LogP contribution in [0.4, 0.5) is 0 Å². The summed E-state index contributed by atoms with van der Waals surface area (Å²) in [6.07, 6.45) is 2.28. The van der Waals surface area contributed by atoms with Crippen molar-refractivity contribution >= 4 is 27.5 Å². The average Bonchev–Trinajstić information content (AvgIpc) is 3.03. The van der Waals surface area contributed by atoms with E-state index in [1.165, 1.54) is 10.3 Å². The van der Waals surface area contributed by atoms with Crippen molar-refractivity contribution in [2.45, 2.75) is 45.7 Å². The SMILES string of the molecule is CC(C)N(Cc1ccccc1)C(=O)CCCc1nc2ccccc2s1. The number of rotatable bonds is 7. The number of carbonyl (C=O) groups excluding carboxylic acids is 1. The molecule has 0 radical (unpaired) electrons. The lowest BCUT2D eigenvalue weighted by atomic mass is 10.1. The quantitative estimate of drug-likeness (QED) is 0.596. The predicted molar refractivity (Wildman–Crippen MR) is 105 cm³/mol. The van der Waals surface area contributed by atoms with Crippen LogP contribution in [0.15, 0.2) is 54.6 Å². The van der Waals surface area contributed by atoms with Crippen molar-refractivity contribution in [3.63, 3.8) is 0 Å². The molecule has 2 aromatic carbocycles. The number of hydrogen-bond donors (Lipinski definition) is 0. The van der Waals surface area contributed by atoms with Gasteiger partial charge in [-0.15, -0.1) is 11.3 Å². The van der Waals surface area contributed by atoms with E-state index in [2.05, 4.69) is 37.0 Å². The normalized spacial score (nSPS) is 11.2. The van der Waals surface area contributed by atoms with E-state index < -0.39 is 0 Å². The van der Waals surface area contributed by atoms with Crippen LogP contribution in [0.2, 0.25) is 0 Å². The first kappa shape index (κ1) is 17.6. The summed E-state index contributed by atoms with van der Waals surface area (Å²) in [6.45, 7) is 4.83. The summed E-state index contributed by atoms with van der Waals surface area (Å²) in [5.41, 5.74) is 2.23. The fourth-order valence-corrected chi connectivity index (χ4v) is 3.91. The number of carbonyl (C=O) groups is 1. The van der Waals surface area contributed by atoms with Crippen molar-refractivity contribution in [3.05, 3.63) is 65.2 Å². The van der Waals surface area contributed by atoms with Crippen molar-refractivity contribution in [1.82, 2.24) is 9.88 Å². The first-order valence-electron chi connectivity index (χ1n) is 8.81. The zero-order chi connectivity index (χ0) is 17.6. The smallest absolute Gasteiger partial charge is 0.223 e. The minimum Gasteiger partial charge on any atom is -0.336 e. The van der Waals surface area contributed by atoms with Crippen molar-refractivity contribution in [1.29, 1.82) is 0 Å². The summed E-state index contributed by atoms with van der Waals surface area (Å²) in [6, 6.07) is 18.6. The number of nitrogens with zero attached hydrogens (tertiary/aromatic N) is 2. The average molecular weight is 353 g/mol. The van der Waals surface area contributed by atoms with E-state index in [-0.39, 0.29) is 11.9 Å². The summed E-state index contributed by atoms with van der Waals surface area (Å²) in [5, 5.41) is 1.12. The van der Waals surface area contributed by atoms with E-state index >= 15 is 0 Å². The molecule has 3 aromatic rings. The lowest BCUT2D eigenvalue weighted by Gasteiger charge is -2.27. The molecule has 0 atom stereocenters. The second-order valence-corrected chi connectivity index (χ2v) is 7.65. The van der Waals surface area contributed by atoms with Crippen LogP contribution >= 0.6 is 11.3 Å². The zero-order valence-electron chi connectivity index (χ0n) is 14.8. The summed E-state index contributed by atoms with van der Waals surface area (Å²) >= 11 is 1.73. The maximum absolute atomic E-state index is 12.7. The molecule has 0 saturated heterocycles. The Bertz CT molecular complexity index is 793. The van der Waals surface area contributed by atoms with Gasteiger partial charge in [0.1, 0.15) is 0 Å². The lowest BCUT2D eigenvalue weighted by Crippen LogP contribution is -2.36. The summed E-state index contributed by atoms with van der Waals surface area (Å²) in [5.74, 6) is 0.222. The molecular weight excluding hydrogens is 328 g/mol. The molecule has 1 amide bonds. The van der Waals surface area contributed by atoms with Gasteiger partial charge in [-0.3, -0.25) is 4.79 Å². The second kappa shape index (κ2) is 8.26. The fraction of sp³-hybridized carbons (Fsp3) is 0.333. The molecule has 0 bridgehead atoms. The van der Waals surface area contributed by atoms with Gasteiger partial charge >= 0.3 is 0 Å². The number of aromatic nitrogens is 1. The van der Waals surface area contributed by atoms with Crippen molar-refractivity contribution in [2.75, 3.05) is 0 Å². The Kier molecular flexibility index (Phi) is 5.82. The minimum absolute atomic E-state index is 0.204. The molecule has 0 aliphatic carbocycles. The van der Waals surface area contributed by atoms with Gasteiger partial charge in [0, 0.05) is 19.0 Å². The molecule has 0 saturated carbocycles. The standard InChI is InChI=1S/C21H24N2OS/c1-16(2)23(15-17-9-4-3-5-10-17)21(24)14-8-13-20-22-18-11-6-7-12-19(18)25-20/h3-7,9-12,16H,8,13-15H2,1-2H3. The first-order chi connectivity index (χ1) is 12.1. The van der Waals surface area contributed by atoms with Gasteiger partial charge in [-0.1, -0.05) is 42.5 Å². The van der Waals surface area contributed by atoms with Crippen LogP contribution in [0.25, 0.3) is 10.2 Å². The van der Waals surface area contributed by atoms with Gasteiger partial charge in [0.05, 0.1) is 15.2 Å². The van der Waals surface area contributed by atoms with Crippen LogP contribution < -0.4 is 0 Å². The Balaban J connectivity index is 1.56. The third-order valence-corrected chi connectivity index (χ3v) is 5.36. The van der Waals surface area contributed by atoms with E-state index in [1.54, 1.807) is 11.3 Å². The lowest BCUT2D eigenvalue weighted by molar-refractivity contribution is -0.133. The van der Waals surface area contributed by atoms with Gasteiger partial charge in [-0.25, -0.2) is 4.98 Å². The number of fused-ring (bicyclic) bond motifs is 1. The topological polar surface area (TPSA) is 33.2 Å². The molecule has 0 fully saturated rings. The van der Waals surface area contributed by atoms with Crippen LogP contribution in [0.5, 0.6) is 0 Å². The van der Waals surface area contributed by atoms with Crippen molar-refractivity contribution in [2.24, 2.45) is 0 Å². The highest BCUT2D eigenvalue weighted by molar-refractivity contribution is 7.18. The number of thiazole rings is 1. The Morgan fingerprint density at radius 2 is 1.80 bits per heavy atom. The van der Waals surface area contributed by atoms with Gasteiger partial charge in [0.25, 0.3) is 0 Å². The highest BCUT2D eigenvalue weighted by atomic mass is 32.1. The van der Waals surface area contributed by atoms with E-state index in [1.807, 2.05) is 41.3 Å². The number of hydrogen-bond acceptors (Lipinski definition) is 3. The molecule has 0 unspecified atom stereocenters. The van der Waals surface area contributed by atoms with Crippen LogP contribution in [0.3, 0.4) is 0 Å². The molecule has 0 aliphatic rings. The molecule has 25 heavy (non-hydrogen) atoms. The van der Waals surface area contributed by atoms with Crippen molar-refractivity contribution in [3.8, 4) is 0 Å². The molecule has 0 N–H and O–H groups in total. The van der Waals surface area contributed by atoms with E-state index in [0.29, 0.717) is 13.0 Å². The highest BCUT2D eigenvalue weighted by Crippen LogP contribution is 2.23. The van der Waals surface area contributed by atoms with Gasteiger partial charge in [-0.2, -0.15) is 0 Å². The third kappa shape index (κ3) is 4.67. The number of aryl methyl sites for hydroxylation is 1. The molecule has 0 spiro atoms. The van der Waals surface area contributed by atoms with Crippen LogP contribution in [0.1, 0.15) is 37.3 Å². The van der Waals surface area contributed by atoms with Gasteiger partial charge in [0.15, 0.2) is 0 Å². The van der Waals surface area contributed by atoms with E-state index in [0.717, 1.165) is 23.4 Å². The van der Waals surface area contributed by atoms with Gasteiger partial charge in [-0.05, 0) is 44.4 Å². The highest BCUT2D eigenvalue weighted by Gasteiger charge is 2.17. The molecule has 1 heterocycles. The molecule has 130 valence electrons. The van der Waals surface area contributed by atoms with E-state index in [4.69, 9.17) is 0 Å². The van der Waals surface area contributed by atoms with Gasteiger partial charge < -0.3 is 4.90 Å². The molecule has 3 nitrogen and oxygen atoms in total. The summed E-state index contributed by atoms with van der Waals surface area (Å²) in [7, 11) is 0. The predicted octanol–water partition coefficient (Wildman–Crippen LogP) is 5.06. The van der Waals surface area contributed by atoms with E-state index in [9.17, 15) is 4.79 Å². The molecule has 0 aliphatic heterocycles. The fourth-order valence-electron chi connectivity index (χ4n) is 2.90. The summed E-state index contributed by atoms with van der Waals surface area (Å²) in [4.78, 5) is 19.3. The summed E-state index contributed by atoms with van der Waals surface area (Å²) < 4.78 is 1.22. The molecular formula is C21H24N2OS. The van der Waals surface area contributed by atoms with Crippen LogP contribution in [0, 0.1) is 0 Å². The molecule has 1 aromatic heterocycles. The van der Waals surface area contributed by atoms with Crippen LogP contribution in [-0.2, 0) is 17.8 Å². The zero-order valence-corrected chi connectivity index (χ0v) is 15.6. The maximum atomic E-state index is 12.7. The number of para-hydroxylation sites is 1. The first-order valence-corrected chi connectivity index (χ1v) is 9.63. The van der Waals surface area contributed by atoms with Crippen LogP contribution in [-0.4, -0.2) is 21.8 Å². The monoisotopic (exact) mass is 352 g/mol. The largest absolute Gasteiger partial charge is 0.336 e. The third-order valence-electron chi connectivity index (χ3n) is 4.26. The Hall–Kier alpha value is -2.20. The Labute approximate surface area is 153 Å². The Morgan fingerprint density at radius 3 is 2.52 bits per heavy atom. The molecule has 4 heteroatoms.